The molecule has 0 saturated carbocycles. The van der Waals surface area contributed by atoms with Gasteiger partial charge in [0.2, 0.25) is 5.91 Å². The van der Waals surface area contributed by atoms with Crippen LogP contribution in [0.15, 0.2) is 5.38 Å². The smallest absolute Gasteiger partial charge is 0.324 e. The third kappa shape index (κ3) is 4.41. The van der Waals surface area contributed by atoms with Crippen LogP contribution in [0.4, 0.5) is 17.6 Å². The summed E-state index contributed by atoms with van der Waals surface area (Å²) < 4.78 is 48.6. The molecule has 1 aromatic heterocycles. The maximum atomic E-state index is 12.5. The van der Waals surface area contributed by atoms with E-state index in [1.54, 1.807) is 10.7 Å². The maximum absolute atomic E-state index is 12.5. The van der Waals surface area contributed by atoms with Crippen LogP contribution >= 0.6 is 22.9 Å². The van der Waals surface area contributed by atoms with E-state index >= 15 is 0 Å². The summed E-state index contributed by atoms with van der Waals surface area (Å²) in [4.78, 5) is 15.2. The summed E-state index contributed by atoms with van der Waals surface area (Å²) in [5.74, 6) is -4.83. The van der Waals surface area contributed by atoms with Gasteiger partial charge in [0.15, 0.2) is 0 Å². The second-order valence-corrected chi connectivity index (χ2v) is 4.59. The molecule has 0 aliphatic carbocycles. The second-order valence-electron chi connectivity index (χ2n) is 3.38. The predicted octanol–water partition coefficient (Wildman–Crippen LogP) is 2.44. The number of aromatic nitrogens is 1. The van der Waals surface area contributed by atoms with Gasteiger partial charge in [0, 0.05) is 5.38 Å². The highest BCUT2D eigenvalue weighted by Gasteiger charge is 2.40. The summed E-state index contributed by atoms with van der Waals surface area (Å²) in [5.41, 5.74) is 0.572. The highest BCUT2D eigenvalue weighted by molar-refractivity contribution is 7.09. The summed E-state index contributed by atoms with van der Waals surface area (Å²) in [6.07, 6.45) is -4.04. The third-order valence-corrected chi connectivity index (χ3v) is 3.06. The monoisotopic (exact) mass is 304 g/mol. The average Bonchev–Trinajstić information content (AvgIpc) is 2.74. The average molecular weight is 305 g/mol. The highest BCUT2D eigenvalue weighted by atomic mass is 35.5. The molecule has 0 fully saturated rings. The van der Waals surface area contributed by atoms with Crippen molar-refractivity contribution in [3.05, 3.63) is 16.1 Å². The van der Waals surface area contributed by atoms with E-state index in [4.69, 9.17) is 11.6 Å². The number of halogens is 5. The van der Waals surface area contributed by atoms with Crippen LogP contribution in [0.1, 0.15) is 10.7 Å². The normalized spacial score (nSPS) is 11.9. The van der Waals surface area contributed by atoms with Gasteiger partial charge in [-0.15, -0.1) is 22.9 Å². The molecule has 1 amide bonds. The van der Waals surface area contributed by atoms with E-state index in [0.29, 0.717) is 10.7 Å². The summed E-state index contributed by atoms with van der Waals surface area (Å²) in [6.45, 7) is -1.39. The zero-order valence-electron chi connectivity index (χ0n) is 8.93. The highest BCUT2D eigenvalue weighted by Crippen LogP contribution is 2.21. The molecule has 1 aromatic rings. The molecule has 0 aromatic carbocycles. The summed E-state index contributed by atoms with van der Waals surface area (Å²) in [7, 11) is 0. The molecule has 9 heteroatoms. The lowest BCUT2D eigenvalue weighted by molar-refractivity contribution is -0.136. The fraction of sp³-hybridized carbons (Fsp3) is 0.556. The van der Waals surface area contributed by atoms with E-state index in [0.717, 1.165) is 11.3 Å². The molecular weight excluding hydrogens is 296 g/mol. The van der Waals surface area contributed by atoms with Gasteiger partial charge < -0.3 is 5.32 Å². The van der Waals surface area contributed by atoms with Crippen LogP contribution in [0, 0.1) is 0 Å². The van der Waals surface area contributed by atoms with Crippen molar-refractivity contribution in [3.63, 3.8) is 0 Å². The number of rotatable bonds is 6. The van der Waals surface area contributed by atoms with E-state index in [1.807, 2.05) is 0 Å². The Balaban J connectivity index is 2.42. The lowest BCUT2D eigenvalue weighted by atomic mass is 10.3. The fourth-order valence-corrected chi connectivity index (χ4v) is 2.01. The minimum atomic E-state index is -4.22. The van der Waals surface area contributed by atoms with E-state index in [2.05, 4.69) is 4.98 Å². The first-order valence-electron chi connectivity index (χ1n) is 4.77. The number of thiazole rings is 1. The van der Waals surface area contributed by atoms with Crippen LogP contribution in [0.3, 0.4) is 0 Å². The van der Waals surface area contributed by atoms with Crippen molar-refractivity contribution in [3.8, 4) is 0 Å². The van der Waals surface area contributed by atoms with Gasteiger partial charge in [0.1, 0.15) is 5.01 Å². The minimum Gasteiger partial charge on any atom is -0.349 e. The quantitative estimate of drug-likeness (QED) is 0.648. The summed E-state index contributed by atoms with van der Waals surface area (Å²) in [5, 5.41) is 3.77. The first kappa shape index (κ1) is 15.2. The molecule has 0 unspecified atom stereocenters. The molecule has 0 spiro atoms. The van der Waals surface area contributed by atoms with Crippen LogP contribution in [0.2, 0.25) is 0 Å². The number of nitrogens with one attached hydrogen (secondary N) is 1. The van der Waals surface area contributed by atoms with E-state index in [-0.39, 0.29) is 12.3 Å². The standard InChI is InChI=1S/C9H9ClF4N2OS/c10-2-5-3-18-7(16-5)1-6(17)15-4-9(13,14)8(11)12/h3,8H,1-2,4H2,(H,15,17). The largest absolute Gasteiger partial charge is 0.349 e. The van der Waals surface area contributed by atoms with Gasteiger partial charge in [-0.1, -0.05) is 0 Å². The number of amides is 1. The topological polar surface area (TPSA) is 42.0 Å². The molecular formula is C9H9ClF4N2OS. The number of carbonyl (C=O) groups excluding carboxylic acids is 1. The second kappa shape index (κ2) is 6.33. The molecule has 3 nitrogen and oxygen atoms in total. The van der Waals surface area contributed by atoms with Crippen LogP contribution in [0.5, 0.6) is 0 Å². The first-order chi connectivity index (χ1) is 8.35. The van der Waals surface area contributed by atoms with Crippen molar-refractivity contribution in [2.24, 2.45) is 0 Å². The van der Waals surface area contributed by atoms with Crippen LogP contribution < -0.4 is 5.32 Å². The van der Waals surface area contributed by atoms with Crippen LogP contribution in [-0.4, -0.2) is 29.8 Å². The summed E-state index contributed by atoms with van der Waals surface area (Å²) in [6, 6.07) is 0. The van der Waals surface area contributed by atoms with Gasteiger partial charge in [0.05, 0.1) is 24.5 Å². The van der Waals surface area contributed by atoms with E-state index in [9.17, 15) is 22.4 Å². The summed E-state index contributed by atoms with van der Waals surface area (Å²) >= 11 is 6.64. The lowest BCUT2D eigenvalue weighted by Crippen LogP contribution is -2.41. The first-order valence-corrected chi connectivity index (χ1v) is 6.18. The van der Waals surface area contributed by atoms with E-state index < -0.39 is 24.8 Å². The van der Waals surface area contributed by atoms with Crippen LogP contribution in [0.25, 0.3) is 0 Å². The van der Waals surface area contributed by atoms with Crippen molar-refractivity contribution in [1.82, 2.24) is 10.3 Å². The Bertz CT molecular complexity index is 413. The Kier molecular flexibility index (Phi) is 5.33. The van der Waals surface area contributed by atoms with Crippen LogP contribution in [-0.2, 0) is 17.1 Å². The van der Waals surface area contributed by atoms with Crippen molar-refractivity contribution in [2.45, 2.75) is 24.6 Å². The zero-order valence-corrected chi connectivity index (χ0v) is 10.5. The fourth-order valence-electron chi connectivity index (χ4n) is 0.985. The molecule has 1 heterocycles. The molecule has 0 saturated heterocycles. The molecule has 18 heavy (non-hydrogen) atoms. The molecule has 0 radical (unpaired) electrons. The van der Waals surface area contributed by atoms with Gasteiger partial charge in [-0.3, -0.25) is 4.79 Å². The Morgan fingerprint density at radius 3 is 2.72 bits per heavy atom. The van der Waals surface area contributed by atoms with Crippen molar-refractivity contribution >= 4 is 28.8 Å². The van der Waals surface area contributed by atoms with Gasteiger partial charge in [-0.25, -0.2) is 13.8 Å². The Hall–Kier alpha value is -0.890. The molecule has 1 rings (SSSR count). The number of hydrogen-bond acceptors (Lipinski definition) is 3. The number of alkyl halides is 5. The Morgan fingerprint density at radius 1 is 1.56 bits per heavy atom. The molecule has 1 N–H and O–H groups in total. The lowest BCUT2D eigenvalue weighted by Gasteiger charge is -2.15. The van der Waals surface area contributed by atoms with Crippen molar-refractivity contribution in [1.29, 1.82) is 0 Å². The van der Waals surface area contributed by atoms with Gasteiger partial charge in [0.25, 0.3) is 0 Å². The van der Waals surface area contributed by atoms with Crippen molar-refractivity contribution in [2.75, 3.05) is 6.54 Å². The predicted molar refractivity (Wildman–Crippen MR) is 59.3 cm³/mol. The van der Waals surface area contributed by atoms with Crippen molar-refractivity contribution < 1.29 is 22.4 Å². The van der Waals surface area contributed by atoms with Gasteiger partial charge >= 0.3 is 12.3 Å². The molecule has 0 aliphatic rings. The van der Waals surface area contributed by atoms with Gasteiger partial charge in [-0.2, -0.15) is 8.78 Å². The zero-order chi connectivity index (χ0) is 13.8. The van der Waals surface area contributed by atoms with Gasteiger partial charge in [-0.05, 0) is 0 Å². The number of hydrogen-bond donors (Lipinski definition) is 1. The maximum Gasteiger partial charge on any atom is 0.324 e. The molecule has 0 atom stereocenters. The van der Waals surface area contributed by atoms with E-state index in [1.165, 1.54) is 0 Å². The SMILES string of the molecule is O=C(Cc1nc(CCl)cs1)NCC(F)(F)C(F)F. The Morgan fingerprint density at radius 2 is 2.22 bits per heavy atom. The minimum absolute atomic E-state index is 0.182. The molecule has 0 bridgehead atoms. The number of nitrogens with zero attached hydrogens (tertiary/aromatic N) is 1. The molecule has 0 aliphatic heterocycles. The molecule has 102 valence electrons. The third-order valence-electron chi connectivity index (χ3n) is 1.89. The Labute approximate surface area is 109 Å². The number of carbonyl (C=O) groups is 1.